The molecule has 2 fully saturated rings. The third-order valence-corrected chi connectivity index (χ3v) is 7.80. The Labute approximate surface area is 194 Å². The fourth-order valence-electron chi connectivity index (χ4n) is 4.77. The lowest BCUT2D eigenvalue weighted by Crippen LogP contribution is -2.42. The van der Waals surface area contributed by atoms with Crippen LogP contribution in [0.5, 0.6) is 0 Å². The number of alkyl halides is 3. The van der Waals surface area contributed by atoms with Crippen molar-refractivity contribution in [2.24, 2.45) is 0 Å². The summed E-state index contributed by atoms with van der Waals surface area (Å²) < 4.78 is 65.0. The van der Waals surface area contributed by atoms with Gasteiger partial charge < -0.3 is 10.4 Å². The number of fused-ring (bicyclic) bond motifs is 1. The van der Waals surface area contributed by atoms with Crippen LogP contribution in [0.2, 0.25) is 0 Å². The number of hydrogen-bond donors (Lipinski definition) is 3. The van der Waals surface area contributed by atoms with E-state index in [0.29, 0.717) is 45.2 Å². The third kappa shape index (κ3) is 5.13. The van der Waals surface area contributed by atoms with Gasteiger partial charge in [-0.05, 0) is 45.1 Å². The zero-order valence-electron chi connectivity index (χ0n) is 18.8. The molecule has 3 N–H and O–H groups in total. The van der Waals surface area contributed by atoms with Crippen LogP contribution < -0.4 is 16.2 Å². The largest absolute Gasteiger partial charge is 0.482 e. The molecule has 0 unspecified atom stereocenters. The normalized spacial score (nSPS) is 25.1. The van der Waals surface area contributed by atoms with Crippen LogP contribution in [0.4, 0.5) is 24.8 Å². The third-order valence-electron chi connectivity index (χ3n) is 6.50. The molecular formula is C20H27F3N6O4S. The number of sulfonamides is 1. The average molecular weight is 505 g/mol. The van der Waals surface area contributed by atoms with Crippen molar-refractivity contribution in [2.75, 3.05) is 30.0 Å². The quantitative estimate of drug-likeness (QED) is 0.528. The highest BCUT2D eigenvalue weighted by atomic mass is 32.2. The van der Waals surface area contributed by atoms with Crippen LogP contribution in [0.3, 0.4) is 0 Å². The monoisotopic (exact) mass is 504 g/mol. The van der Waals surface area contributed by atoms with Gasteiger partial charge in [0.2, 0.25) is 16.0 Å². The lowest BCUT2D eigenvalue weighted by atomic mass is 10.00. The Bertz CT molecular complexity index is 1240. The van der Waals surface area contributed by atoms with Gasteiger partial charge in [0.15, 0.2) is 0 Å². The number of pyridine rings is 1. The first-order valence-electron chi connectivity index (χ1n) is 11.0. The zero-order chi connectivity index (χ0) is 24.9. The standard InChI is InChI=1S/C20H27F3N6O4S/c1-19(31)7-3-4-15(19)29-16-12(10-14(17(29)30)27-20(21,22)23)11-24-18(26-16)25-13-5-8-28(9-6-13)34(2,32)33/h10-11,13,15,27,31H,3-9H2,1-2H3,(H,24,25,26)/t15-,19-/m1/s1. The first kappa shape index (κ1) is 24.7. The van der Waals surface area contributed by atoms with Crippen molar-refractivity contribution in [1.82, 2.24) is 18.8 Å². The molecule has 0 aromatic carbocycles. The molecule has 2 aliphatic rings. The summed E-state index contributed by atoms with van der Waals surface area (Å²) >= 11 is 0. The van der Waals surface area contributed by atoms with E-state index < -0.39 is 39.2 Å². The van der Waals surface area contributed by atoms with E-state index in [1.54, 1.807) is 6.92 Å². The van der Waals surface area contributed by atoms with Crippen LogP contribution in [-0.4, -0.2) is 69.7 Å². The molecular weight excluding hydrogens is 477 g/mol. The smallest absolute Gasteiger partial charge is 0.388 e. The molecule has 0 radical (unpaired) electrons. The Hall–Kier alpha value is -2.45. The van der Waals surface area contributed by atoms with Crippen molar-refractivity contribution in [3.63, 3.8) is 0 Å². The van der Waals surface area contributed by atoms with Crippen molar-refractivity contribution in [3.05, 3.63) is 22.6 Å². The predicted molar refractivity (Wildman–Crippen MR) is 120 cm³/mol. The second-order valence-electron chi connectivity index (χ2n) is 9.17. The first-order valence-corrected chi connectivity index (χ1v) is 12.8. The van der Waals surface area contributed by atoms with Gasteiger partial charge in [-0.3, -0.25) is 14.7 Å². The summed E-state index contributed by atoms with van der Waals surface area (Å²) in [4.78, 5) is 21.7. The van der Waals surface area contributed by atoms with E-state index in [1.807, 2.05) is 0 Å². The Morgan fingerprint density at radius 2 is 1.91 bits per heavy atom. The number of aliphatic hydroxyl groups is 1. The molecule has 4 rings (SSSR count). The van der Waals surface area contributed by atoms with E-state index in [1.165, 1.54) is 15.8 Å². The maximum Gasteiger partial charge on any atom is 0.482 e. The van der Waals surface area contributed by atoms with E-state index in [9.17, 15) is 31.5 Å². The number of hydrogen-bond acceptors (Lipinski definition) is 8. The minimum absolute atomic E-state index is 0.114. The Kier molecular flexibility index (Phi) is 6.27. The van der Waals surface area contributed by atoms with Gasteiger partial charge in [0.25, 0.3) is 5.56 Å². The van der Waals surface area contributed by atoms with Crippen LogP contribution in [0.25, 0.3) is 11.0 Å². The highest BCUT2D eigenvalue weighted by molar-refractivity contribution is 7.88. The van der Waals surface area contributed by atoms with Gasteiger partial charge in [-0.2, -0.15) is 18.2 Å². The maximum atomic E-state index is 13.1. The number of aromatic nitrogens is 3. The van der Waals surface area contributed by atoms with Crippen molar-refractivity contribution in [2.45, 2.75) is 63.0 Å². The highest BCUT2D eigenvalue weighted by Crippen LogP contribution is 2.40. The van der Waals surface area contributed by atoms with Gasteiger partial charge in [-0.25, -0.2) is 17.7 Å². The highest BCUT2D eigenvalue weighted by Gasteiger charge is 2.40. The van der Waals surface area contributed by atoms with Crippen LogP contribution in [0.15, 0.2) is 17.1 Å². The summed E-state index contributed by atoms with van der Waals surface area (Å²) in [5.74, 6) is 0.174. The van der Waals surface area contributed by atoms with E-state index in [0.717, 1.165) is 16.9 Å². The topological polar surface area (TPSA) is 129 Å². The molecule has 34 heavy (non-hydrogen) atoms. The molecule has 10 nitrogen and oxygen atoms in total. The number of piperidine rings is 1. The molecule has 188 valence electrons. The van der Waals surface area contributed by atoms with Crippen LogP contribution in [0.1, 0.15) is 45.1 Å². The van der Waals surface area contributed by atoms with Crippen LogP contribution in [0, 0.1) is 0 Å². The molecule has 1 aliphatic carbocycles. The molecule has 1 saturated heterocycles. The molecule has 2 aromatic heterocycles. The van der Waals surface area contributed by atoms with E-state index in [2.05, 4.69) is 15.3 Å². The number of anilines is 2. The Balaban J connectivity index is 1.71. The molecule has 0 amide bonds. The maximum absolute atomic E-state index is 13.1. The fourth-order valence-corrected chi connectivity index (χ4v) is 5.65. The van der Waals surface area contributed by atoms with Crippen molar-refractivity contribution < 1.29 is 26.7 Å². The molecule has 2 aromatic rings. The minimum atomic E-state index is -4.81. The van der Waals surface area contributed by atoms with Gasteiger partial charge >= 0.3 is 6.30 Å². The molecule has 0 spiro atoms. The minimum Gasteiger partial charge on any atom is -0.388 e. The molecule has 2 atom stereocenters. The van der Waals surface area contributed by atoms with Gasteiger partial charge in [0.1, 0.15) is 11.3 Å². The van der Waals surface area contributed by atoms with Crippen LogP contribution >= 0.6 is 0 Å². The summed E-state index contributed by atoms with van der Waals surface area (Å²) in [5.41, 5.74) is -2.76. The number of nitrogens with one attached hydrogen (secondary N) is 2. The summed E-state index contributed by atoms with van der Waals surface area (Å²) in [6.07, 6.45) is 0.138. The second kappa shape index (κ2) is 8.64. The SMILES string of the molecule is C[C@@]1(O)CCC[C@H]1n1c(=O)c(NC(F)(F)F)cc2cnc(NC3CCN(S(C)(=O)=O)CC3)nc21. The molecule has 1 saturated carbocycles. The zero-order valence-corrected chi connectivity index (χ0v) is 19.6. The number of rotatable bonds is 5. The van der Waals surface area contributed by atoms with Gasteiger partial charge in [0.05, 0.1) is 17.9 Å². The van der Waals surface area contributed by atoms with Crippen molar-refractivity contribution in [3.8, 4) is 0 Å². The average Bonchev–Trinajstić information content (AvgIpc) is 3.06. The second-order valence-corrected chi connectivity index (χ2v) is 11.2. The molecule has 0 bridgehead atoms. The predicted octanol–water partition coefficient (Wildman–Crippen LogP) is 2.04. The Morgan fingerprint density at radius 1 is 1.24 bits per heavy atom. The summed E-state index contributed by atoms with van der Waals surface area (Å²) in [6.45, 7) is 2.24. The summed E-state index contributed by atoms with van der Waals surface area (Å²) in [6, 6.07) is 0.189. The lowest BCUT2D eigenvalue weighted by molar-refractivity contribution is -0.100. The number of halogens is 3. The fraction of sp³-hybridized carbons (Fsp3) is 0.650. The van der Waals surface area contributed by atoms with E-state index >= 15 is 0 Å². The molecule has 3 heterocycles. The van der Waals surface area contributed by atoms with Gasteiger partial charge in [-0.1, -0.05) is 0 Å². The van der Waals surface area contributed by atoms with E-state index in [4.69, 9.17) is 0 Å². The van der Waals surface area contributed by atoms with Gasteiger partial charge in [0, 0.05) is 30.7 Å². The van der Waals surface area contributed by atoms with Gasteiger partial charge in [-0.15, -0.1) is 0 Å². The molecule has 1 aliphatic heterocycles. The summed E-state index contributed by atoms with van der Waals surface area (Å²) in [5, 5.41) is 15.5. The first-order chi connectivity index (χ1) is 15.7. The number of nitrogens with zero attached hydrogens (tertiary/aromatic N) is 4. The van der Waals surface area contributed by atoms with E-state index in [-0.39, 0.29) is 23.0 Å². The van der Waals surface area contributed by atoms with Crippen molar-refractivity contribution in [1.29, 1.82) is 0 Å². The molecule has 14 heteroatoms. The van der Waals surface area contributed by atoms with Crippen molar-refractivity contribution >= 4 is 32.7 Å². The van der Waals surface area contributed by atoms with Crippen LogP contribution in [-0.2, 0) is 10.0 Å². The summed E-state index contributed by atoms with van der Waals surface area (Å²) in [7, 11) is -3.27. The lowest BCUT2D eigenvalue weighted by Gasteiger charge is -2.31. The Morgan fingerprint density at radius 3 is 2.47 bits per heavy atom.